The molecular weight excluding hydrogens is 462 g/mol. The van der Waals surface area contributed by atoms with Crippen molar-refractivity contribution >= 4 is 5.97 Å². The van der Waals surface area contributed by atoms with E-state index >= 15 is 0 Å². The van der Waals surface area contributed by atoms with Gasteiger partial charge in [-0.15, -0.1) is 0 Å². The maximum Gasteiger partial charge on any atom is 0.306 e. The lowest BCUT2D eigenvalue weighted by molar-refractivity contribution is -0.308. The van der Waals surface area contributed by atoms with Gasteiger partial charge < -0.3 is 9.84 Å². The number of piperidine rings is 1. The van der Waals surface area contributed by atoms with Crippen LogP contribution in [0.2, 0.25) is 0 Å². The molecule has 5 nitrogen and oxygen atoms in total. The summed E-state index contributed by atoms with van der Waals surface area (Å²) in [6, 6.07) is 0. The molecule has 0 aromatic heterocycles. The second-order valence-electron chi connectivity index (χ2n) is 13.3. The summed E-state index contributed by atoms with van der Waals surface area (Å²) in [5.41, 5.74) is -1.42. The minimum absolute atomic E-state index is 0.0606. The van der Waals surface area contributed by atoms with Gasteiger partial charge in [0, 0.05) is 30.3 Å². The maximum atomic E-state index is 12.5. The molecule has 0 spiro atoms. The van der Waals surface area contributed by atoms with Crippen LogP contribution in [-0.4, -0.2) is 45.5 Å². The highest BCUT2D eigenvalue weighted by molar-refractivity contribution is 5.69. The summed E-state index contributed by atoms with van der Waals surface area (Å²) in [4.78, 5) is 18.7. The SMILES string of the molecule is CCCCCCCCCCCCCCCCCC(=O)OC1CC(C)(C)N(OCC(C)(O)CC)C(C)(C)C1. The van der Waals surface area contributed by atoms with Crippen molar-refractivity contribution in [3.63, 3.8) is 0 Å². The van der Waals surface area contributed by atoms with Gasteiger partial charge in [-0.1, -0.05) is 104 Å². The molecule has 1 aliphatic heterocycles. The van der Waals surface area contributed by atoms with E-state index in [0.717, 1.165) is 25.7 Å². The Kier molecular flexibility index (Phi) is 16.6. The Hall–Kier alpha value is -0.650. The number of hydrogen-bond acceptors (Lipinski definition) is 5. The fraction of sp³-hybridized carbons (Fsp3) is 0.969. The van der Waals surface area contributed by atoms with E-state index in [-0.39, 0.29) is 29.8 Å². The standard InChI is InChI=1S/C32H63NO4/c1-8-10-11-12-13-14-15-16-17-18-19-20-21-22-23-24-29(34)37-28-25-30(3,4)33(31(5,6)26-28)36-27-32(7,35)9-2/h28,35H,8-27H2,1-7H3. The molecule has 220 valence electrons. The number of carbonyl (C=O) groups is 1. The van der Waals surface area contributed by atoms with E-state index in [9.17, 15) is 9.90 Å². The highest BCUT2D eigenvalue weighted by Crippen LogP contribution is 2.40. The Morgan fingerprint density at radius 3 is 1.59 bits per heavy atom. The predicted molar refractivity (Wildman–Crippen MR) is 156 cm³/mol. The molecule has 0 radical (unpaired) electrons. The van der Waals surface area contributed by atoms with Crippen LogP contribution >= 0.6 is 0 Å². The van der Waals surface area contributed by atoms with Gasteiger partial charge in [-0.05, 0) is 47.5 Å². The Labute approximate surface area is 230 Å². The number of esters is 1. The molecule has 0 bridgehead atoms. The Morgan fingerprint density at radius 1 is 0.784 bits per heavy atom. The lowest BCUT2D eigenvalue weighted by Crippen LogP contribution is -2.62. The predicted octanol–water partition coefficient (Wildman–Crippen LogP) is 8.91. The van der Waals surface area contributed by atoms with Crippen molar-refractivity contribution in [2.45, 2.75) is 193 Å². The van der Waals surface area contributed by atoms with E-state index in [1.165, 1.54) is 83.5 Å². The molecule has 1 saturated heterocycles. The van der Waals surface area contributed by atoms with Crippen molar-refractivity contribution in [1.29, 1.82) is 0 Å². The van der Waals surface area contributed by atoms with Crippen molar-refractivity contribution in [1.82, 2.24) is 5.06 Å². The van der Waals surface area contributed by atoms with Crippen LogP contribution in [0.3, 0.4) is 0 Å². The van der Waals surface area contributed by atoms with Crippen molar-refractivity contribution in [3.05, 3.63) is 0 Å². The summed E-state index contributed by atoms with van der Waals surface area (Å²) in [7, 11) is 0. The van der Waals surface area contributed by atoms with E-state index in [4.69, 9.17) is 9.57 Å². The van der Waals surface area contributed by atoms with E-state index in [2.05, 4.69) is 34.6 Å². The number of hydrogen-bond donors (Lipinski definition) is 1. The first-order chi connectivity index (χ1) is 17.4. The monoisotopic (exact) mass is 525 g/mol. The third-order valence-corrected chi connectivity index (χ3v) is 8.10. The zero-order chi connectivity index (χ0) is 27.8. The molecular formula is C32H63NO4. The molecule has 1 heterocycles. The first-order valence-electron chi connectivity index (χ1n) is 15.8. The van der Waals surface area contributed by atoms with E-state index in [1.807, 2.05) is 12.0 Å². The molecule has 0 saturated carbocycles. The number of unbranched alkanes of at least 4 members (excludes halogenated alkanes) is 14. The quantitative estimate of drug-likeness (QED) is 0.120. The van der Waals surface area contributed by atoms with Gasteiger partial charge in [0.15, 0.2) is 0 Å². The molecule has 0 aromatic carbocycles. The molecule has 1 fully saturated rings. The lowest BCUT2D eigenvalue weighted by atomic mass is 9.80. The van der Waals surface area contributed by atoms with Gasteiger partial charge in [0.05, 0.1) is 12.2 Å². The molecule has 1 N–H and O–H groups in total. The van der Waals surface area contributed by atoms with Gasteiger partial charge in [0.2, 0.25) is 0 Å². The minimum Gasteiger partial charge on any atom is -0.462 e. The summed E-state index contributed by atoms with van der Waals surface area (Å²) in [5.74, 6) is -0.0606. The average Bonchev–Trinajstić information content (AvgIpc) is 2.80. The molecule has 1 aliphatic rings. The van der Waals surface area contributed by atoms with Crippen LogP contribution in [0, 0.1) is 0 Å². The van der Waals surface area contributed by atoms with Gasteiger partial charge in [-0.2, -0.15) is 5.06 Å². The molecule has 0 aromatic rings. The van der Waals surface area contributed by atoms with Gasteiger partial charge in [-0.25, -0.2) is 0 Å². The molecule has 5 heteroatoms. The second-order valence-corrected chi connectivity index (χ2v) is 13.3. The van der Waals surface area contributed by atoms with E-state index in [0.29, 0.717) is 12.8 Å². The van der Waals surface area contributed by atoms with Gasteiger partial charge in [0.1, 0.15) is 6.10 Å². The summed E-state index contributed by atoms with van der Waals surface area (Å²) in [6.45, 7) is 14.8. The first-order valence-corrected chi connectivity index (χ1v) is 15.8. The second kappa shape index (κ2) is 17.8. The van der Waals surface area contributed by atoms with Crippen LogP contribution in [0.15, 0.2) is 0 Å². The topological polar surface area (TPSA) is 59.0 Å². The zero-order valence-corrected chi connectivity index (χ0v) is 25.8. The maximum absolute atomic E-state index is 12.5. The summed E-state index contributed by atoms with van der Waals surface area (Å²) in [5, 5.41) is 12.4. The molecule has 1 atom stereocenters. The van der Waals surface area contributed by atoms with Crippen LogP contribution in [0.25, 0.3) is 0 Å². The molecule has 37 heavy (non-hydrogen) atoms. The lowest BCUT2D eigenvalue weighted by Gasteiger charge is -2.53. The normalized spacial score (nSPS) is 19.6. The number of rotatable bonds is 21. The van der Waals surface area contributed by atoms with Crippen molar-refractivity contribution in [2.24, 2.45) is 0 Å². The smallest absolute Gasteiger partial charge is 0.306 e. The third-order valence-electron chi connectivity index (χ3n) is 8.10. The number of ether oxygens (including phenoxy) is 1. The number of aliphatic hydroxyl groups is 1. The molecule has 1 rings (SSSR count). The molecule has 0 aliphatic carbocycles. The van der Waals surface area contributed by atoms with Crippen molar-refractivity contribution in [3.8, 4) is 0 Å². The van der Waals surface area contributed by atoms with Crippen LogP contribution in [0.5, 0.6) is 0 Å². The largest absolute Gasteiger partial charge is 0.462 e. The highest BCUT2D eigenvalue weighted by Gasteiger charge is 2.48. The van der Waals surface area contributed by atoms with E-state index in [1.54, 1.807) is 6.92 Å². The van der Waals surface area contributed by atoms with Crippen LogP contribution in [-0.2, 0) is 14.4 Å². The highest BCUT2D eigenvalue weighted by atomic mass is 16.7. The summed E-state index contributed by atoms with van der Waals surface area (Å²) < 4.78 is 5.93. The number of nitrogens with zero attached hydrogens (tertiary/aromatic N) is 1. The van der Waals surface area contributed by atoms with Gasteiger partial charge in [-0.3, -0.25) is 9.63 Å². The van der Waals surface area contributed by atoms with Crippen LogP contribution in [0.1, 0.15) is 170 Å². The number of hydroxylamine groups is 2. The molecule has 0 amide bonds. The van der Waals surface area contributed by atoms with Crippen molar-refractivity contribution < 1.29 is 19.5 Å². The van der Waals surface area contributed by atoms with Crippen molar-refractivity contribution in [2.75, 3.05) is 6.61 Å². The van der Waals surface area contributed by atoms with Crippen LogP contribution in [0.4, 0.5) is 0 Å². The minimum atomic E-state index is -0.845. The first kappa shape index (κ1) is 34.4. The third kappa shape index (κ3) is 14.9. The fourth-order valence-electron chi connectivity index (χ4n) is 5.80. The average molecular weight is 526 g/mol. The Bertz CT molecular complexity index is 584. The van der Waals surface area contributed by atoms with Gasteiger partial charge >= 0.3 is 5.97 Å². The molecule has 1 unspecified atom stereocenters. The van der Waals surface area contributed by atoms with Crippen LogP contribution < -0.4 is 0 Å². The number of carbonyl (C=O) groups excluding carboxylic acids is 1. The Morgan fingerprint density at radius 2 is 1.19 bits per heavy atom. The summed E-state index contributed by atoms with van der Waals surface area (Å²) >= 11 is 0. The van der Waals surface area contributed by atoms with E-state index < -0.39 is 5.60 Å². The fourth-order valence-corrected chi connectivity index (χ4v) is 5.80. The van der Waals surface area contributed by atoms with Gasteiger partial charge in [0.25, 0.3) is 0 Å². The Balaban J connectivity index is 2.14. The zero-order valence-electron chi connectivity index (χ0n) is 25.8. The summed E-state index contributed by atoms with van der Waals surface area (Å²) in [6.07, 6.45) is 22.4.